The fourth-order valence-electron chi connectivity index (χ4n) is 3.20. The first-order valence-corrected chi connectivity index (χ1v) is 8.61. The average molecular weight is 382 g/mol. The van der Waals surface area contributed by atoms with E-state index in [-0.39, 0.29) is 42.9 Å². The maximum absolute atomic E-state index is 12.6. The van der Waals surface area contributed by atoms with Gasteiger partial charge in [0.15, 0.2) is 0 Å². The van der Waals surface area contributed by atoms with Crippen LogP contribution in [0.25, 0.3) is 0 Å². The highest BCUT2D eigenvalue weighted by atomic mass is 35.5. The zero-order chi connectivity index (χ0) is 14.8. The second kappa shape index (κ2) is 9.18. The molecule has 0 spiro atoms. The second-order valence-corrected chi connectivity index (χ2v) is 6.90. The van der Waals surface area contributed by atoms with Crippen LogP contribution in [0.5, 0.6) is 0 Å². The van der Waals surface area contributed by atoms with Crippen molar-refractivity contribution in [3.63, 3.8) is 0 Å². The van der Waals surface area contributed by atoms with Gasteiger partial charge in [-0.2, -0.15) is 0 Å². The Morgan fingerprint density at radius 2 is 2.22 bits per heavy atom. The van der Waals surface area contributed by atoms with Gasteiger partial charge in [0.1, 0.15) is 6.10 Å². The highest BCUT2D eigenvalue weighted by Gasteiger charge is 2.35. The zero-order valence-corrected chi connectivity index (χ0v) is 15.7. The van der Waals surface area contributed by atoms with E-state index in [4.69, 9.17) is 10.5 Å². The lowest BCUT2D eigenvalue weighted by Crippen LogP contribution is -2.44. The van der Waals surface area contributed by atoms with Crippen molar-refractivity contribution in [3.05, 3.63) is 16.1 Å². The zero-order valence-electron chi connectivity index (χ0n) is 13.3. The molecule has 3 atom stereocenters. The fraction of sp³-hybridized carbons (Fsp3) is 0.733. The standard InChI is InChI=1S/C15H23N3O2S.2ClH/c1-10-9-21-14(17-10)11-3-2-6-18(8-11)15(19)13-5-4-12(7-16)20-13;;/h9,11-13H,2-8,16H2,1H3;2*1H/t11?,12-,13+;;/m1../s1. The van der Waals surface area contributed by atoms with Gasteiger partial charge in [0.25, 0.3) is 5.91 Å². The van der Waals surface area contributed by atoms with Crippen molar-refractivity contribution in [3.8, 4) is 0 Å². The summed E-state index contributed by atoms with van der Waals surface area (Å²) in [4.78, 5) is 19.1. The summed E-state index contributed by atoms with van der Waals surface area (Å²) in [6.07, 6.45) is 3.64. The molecule has 0 aromatic carbocycles. The number of nitrogens with two attached hydrogens (primary N) is 1. The van der Waals surface area contributed by atoms with Gasteiger partial charge in [0, 0.05) is 36.6 Å². The van der Waals surface area contributed by atoms with Gasteiger partial charge in [0.2, 0.25) is 0 Å². The van der Waals surface area contributed by atoms with E-state index in [1.165, 1.54) is 0 Å². The molecule has 0 bridgehead atoms. The Kier molecular flexibility index (Phi) is 8.24. The predicted molar refractivity (Wildman–Crippen MR) is 96.9 cm³/mol. The Balaban J connectivity index is 0.00000132. The number of rotatable bonds is 3. The van der Waals surface area contributed by atoms with Crippen LogP contribution in [0.2, 0.25) is 0 Å². The lowest BCUT2D eigenvalue weighted by molar-refractivity contribution is -0.144. The van der Waals surface area contributed by atoms with E-state index >= 15 is 0 Å². The molecule has 23 heavy (non-hydrogen) atoms. The number of amides is 1. The molecule has 0 radical (unpaired) electrons. The molecule has 3 heterocycles. The molecular formula is C15H25Cl2N3O2S. The van der Waals surface area contributed by atoms with Gasteiger partial charge in [0.05, 0.1) is 11.1 Å². The maximum Gasteiger partial charge on any atom is 0.251 e. The number of ether oxygens (including phenoxy) is 1. The summed E-state index contributed by atoms with van der Waals surface area (Å²) in [5.74, 6) is 0.525. The summed E-state index contributed by atoms with van der Waals surface area (Å²) in [5.41, 5.74) is 6.69. The van der Waals surface area contributed by atoms with Crippen molar-refractivity contribution in [1.82, 2.24) is 9.88 Å². The summed E-state index contributed by atoms with van der Waals surface area (Å²) in [6.45, 7) is 4.14. The molecule has 5 nitrogen and oxygen atoms in total. The van der Waals surface area contributed by atoms with Gasteiger partial charge in [-0.15, -0.1) is 36.2 Å². The molecule has 2 N–H and O–H groups in total. The molecule has 1 aromatic heterocycles. The predicted octanol–water partition coefficient (Wildman–Crippen LogP) is 2.51. The van der Waals surface area contributed by atoms with E-state index in [9.17, 15) is 4.79 Å². The van der Waals surface area contributed by atoms with E-state index in [1.54, 1.807) is 11.3 Å². The minimum Gasteiger partial charge on any atom is -0.364 e. The minimum absolute atomic E-state index is 0. The molecule has 8 heteroatoms. The molecule has 0 aliphatic carbocycles. The van der Waals surface area contributed by atoms with Crippen molar-refractivity contribution in [2.24, 2.45) is 5.73 Å². The number of aromatic nitrogens is 1. The van der Waals surface area contributed by atoms with E-state index in [2.05, 4.69) is 10.4 Å². The highest BCUT2D eigenvalue weighted by Crippen LogP contribution is 2.30. The van der Waals surface area contributed by atoms with Crippen LogP contribution >= 0.6 is 36.2 Å². The van der Waals surface area contributed by atoms with Crippen LogP contribution in [0.3, 0.4) is 0 Å². The molecule has 2 saturated heterocycles. The summed E-state index contributed by atoms with van der Waals surface area (Å²) in [5, 5.41) is 3.25. The number of thiazole rings is 1. The number of carbonyl (C=O) groups excluding carboxylic acids is 1. The topological polar surface area (TPSA) is 68.5 Å². The Morgan fingerprint density at radius 3 is 2.83 bits per heavy atom. The first kappa shape index (κ1) is 20.6. The Bertz CT molecular complexity index is 515. The van der Waals surface area contributed by atoms with Crippen LogP contribution in [-0.4, -0.2) is 47.6 Å². The van der Waals surface area contributed by atoms with Crippen molar-refractivity contribution >= 4 is 42.1 Å². The average Bonchev–Trinajstić information content (AvgIpc) is 3.15. The normalized spacial score (nSPS) is 27.2. The van der Waals surface area contributed by atoms with E-state index in [1.807, 2.05) is 11.8 Å². The van der Waals surface area contributed by atoms with Gasteiger partial charge >= 0.3 is 0 Å². The van der Waals surface area contributed by atoms with Gasteiger partial charge < -0.3 is 15.4 Å². The van der Waals surface area contributed by atoms with Crippen LogP contribution in [0.1, 0.15) is 42.3 Å². The van der Waals surface area contributed by atoms with Crippen molar-refractivity contribution in [1.29, 1.82) is 0 Å². The number of hydrogen-bond acceptors (Lipinski definition) is 5. The third-order valence-corrected chi connectivity index (χ3v) is 5.49. The van der Waals surface area contributed by atoms with Crippen LogP contribution in [-0.2, 0) is 9.53 Å². The number of nitrogens with zero attached hydrogens (tertiary/aromatic N) is 2. The molecular weight excluding hydrogens is 357 g/mol. The maximum atomic E-state index is 12.6. The van der Waals surface area contributed by atoms with Gasteiger partial charge in [-0.25, -0.2) is 4.98 Å². The molecule has 132 valence electrons. The van der Waals surface area contributed by atoms with E-state index in [0.717, 1.165) is 49.5 Å². The largest absolute Gasteiger partial charge is 0.364 e. The van der Waals surface area contributed by atoms with Gasteiger partial charge in [-0.1, -0.05) is 0 Å². The van der Waals surface area contributed by atoms with Crippen LogP contribution in [0.15, 0.2) is 5.38 Å². The van der Waals surface area contributed by atoms with Gasteiger partial charge in [-0.05, 0) is 32.6 Å². The molecule has 1 amide bonds. The third-order valence-electron chi connectivity index (χ3n) is 4.36. The Labute approximate surface area is 153 Å². The third kappa shape index (κ3) is 4.79. The van der Waals surface area contributed by atoms with E-state index in [0.29, 0.717) is 12.5 Å². The quantitative estimate of drug-likeness (QED) is 0.872. The van der Waals surface area contributed by atoms with Crippen LogP contribution < -0.4 is 5.73 Å². The lowest BCUT2D eigenvalue weighted by Gasteiger charge is -2.33. The number of piperidine rings is 1. The first-order chi connectivity index (χ1) is 10.2. The van der Waals surface area contributed by atoms with Crippen LogP contribution in [0.4, 0.5) is 0 Å². The number of hydrogen-bond donors (Lipinski definition) is 1. The Morgan fingerprint density at radius 1 is 1.43 bits per heavy atom. The second-order valence-electron chi connectivity index (χ2n) is 6.01. The first-order valence-electron chi connectivity index (χ1n) is 7.73. The fourth-order valence-corrected chi connectivity index (χ4v) is 4.13. The van der Waals surface area contributed by atoms with Crippen molar-refractivity contribution in [2.45, 2.75) is 50.7 Å². The van der Waals surface area contributed by atoms with E-state index < -0.39 is 0 Å². The molecule has 0 saturated carbocycles. The van der Waals surface area contributed by atoms with Crippen molar-refractivity contribution < 1.29 is 9.53 Å². The molecule has 2 aliphatic heterocycles. The number of halogens is 2. The minimum atomic E-state index is -0.282. The summed E-state index contributed by atoms with van der Waals surface area (Å²) < 4.78 is 5.74. The smallest absolute Gasteiger partial charge is 0.251 e. The van der Waals surface area contributed by atoms with Crippen molar-refractivity contribution in [2.75, 3.05) is 19.6 Å². The highest BCUT2D eigenvalue weighted by molar-refractivity contribution is 7.09. The van der Waals surface area contributed by atoms with Gasteiger partial charge in [-0.3, -0.25) is 4.79 Å². The summed E-state index contributed by atoms with van der Waals surface area (Å²) in [7, 11) is 0. The molecule has 2 fully saturated rings. The summed E-state index contributed by atoms with van der Waals surface area (Å²) >= 11 is 1.71. The van der Waals surface area contributed by atoms with Crippen LogP contribution in [0, 0.1) is 6.92 Å². The lowest BCUT2D eigenvalue weighted by atomic mass is 9.98. The number of aryl methyl sites for hydroxylation is 1. The molecule has 2 aliphatic rings. The number of likely N-dealkylation sites (tertiary alicyclic amines) is 1. The number of carbonyl (C=O) groups is 1. The Hall–Kier alpha value is -0.400. The summed E-state index contributed by atoms with van der Waals surface area (Å²) in [6, 6.07) is 0. The monoisotopic (exact) mass is 381 g/mol. The molecule has 1 aromatic rings. The molecule has 3 rings (SSSR count). The SMILES string of the molecule is Cc1csc(C2CCCN(C(=O)[C@@H]3CC[C@H](CN)O3)C2)n1.Cl.Cl. The molecule has 1 unspecified atom stereocenters.